The quantitative estimate of drug-likeness (QED) is 0.376. The summed E-state index contributed by atoms with van der Waals surface area (Å²) in [4.78, 5) is 32.4. The maximum absolute atomic E-state index is 13.1. The van der Waals surface area contributed by atoms with Crippen molar-refractivity contribution < 1.29 is 9.53 Å². The minimum absolute atomic E-state index is 0.0881. The Hall–Kier alpha value is -3.15. The van der Waals surface area contributed by atoms with E-state index in [9.17, 15) is 9.59 Å². The molecule has 0 spiro atoms. The molecule has 1 heterocycles. The van der Waals surface area contributed by atoms with Crippen molar-refractivity contribution in [3.63, 3.8) is 0 Å². The van der Waals surface area contributed by atoms with Gasteiger partial charge in [0.05, 0.1) is 41.8 Å². The van der Waals surface area contributed by atoms with E-state index in [0.29, 0.717) is 29.2 Å². The predicted molar refractivity (Wildman–Crippen MR) is 122 cm³/mol. The van der Waals surface area contributed by atoms with Gasteiger partial charge in [-0.25, -0.2) is 4.98 Å². The second-order valence-electron chi connectivity index (χ2n) is 6.97. The molecule has 0 aliphatic carbocycles. The number of aromatic nitrogens is 2. The Labute approximate surface area is 185 Å². The van der Waals surface area contributed by atoms with Crippen molar-refractivity contribution in [3.8, 4) is 6.07 Å². The maximum Gasteiger partial charge on any atom is 0.262 e. The number of ether oxygens (including phenoxy) is 1. The number of hydrogen-bond acceptors (Lipinski definition) is 6. The number of hydrogen-bond donors (Lipinski definition) is 0. The summed E-state index contributed by atoms with van der Waals surface area (Å²) in [5.74, 6) is -0.0649. The molecule has 8 heteroatoms. The van der Waals surface area contributed by atoms with Crippen LogP contribution in [-0.4, -0.2) is 41.5 Å². The smallest absolute Gasteiger partial charge is 0.262 e. The molecule has 0 aliphatic rings. The van der Waals surface area contributed by atoms with E-state index in [1.807, 2.05) is 43.3 Å². The van der Waals surface area contributed by atoms with E-state index in [-0.39, 0.29) is 29.7 Å². The third kappa shape index (κ3) is 5.32. The number of para-hydroxylation sites is 2. The number of fused-ring (bicyclic) bond motifs is 1. The van der Waals surface area contributed by atoms with Crippen molar-refractivity contribution in [2.45, 2.75) is 24.5 Å². The molecule has 1 aromatic heterocycles. The standard InChI is InChI=1S/C23H24N4O3S/c1-17(15-30-2)27-22(29)19-11-6-7-12-20(19)25-23(27)31-16-21(28)26(14-8-13-24)18-9-4-3-5-10-18/h3-7,9-12,17H,8,14-16H2,1-2H3/t17-/m0/s1. The van der Waals surface area contributed by atoms with Crippen LogP contribution in [0.1, 0.15) is 19.4 Å². The SMILES string of the molecule is COC[C@H](C)n1c(SCC(=O)N(CCC#N)c2ccccc2)nc2ccccc2c1=O. The number of carbonyl (C=O) groups is 1. The molecule has 3 aromatic rings. The summed E-state index contributed by atoms with van der Waals surface area (Å²) < 4.78 is 6.83. The topological polar surface area (TPSA) is 88.2 Å². The Morgan fingerprint density at radius 3 is 2.65 bits per heavy atom. The van der Waals surface area contributed by atoms with E-state index in [1.54, 1.807) is 34.8 Å². The summed E-state index contributed by atoms with van der Waals surface area (Å²) in [5, 5.41) is 9.97. The van der Waals surface area contributed by atoms with Crippen molar-refractivity contribution in [2.75, 3.05) is 30.9 Å². The Morgan fingerprint density at radius 1 is 1.23 bits per heavy atom. The van der Waals surface area contributed by atoms with Gasteiger partial charge in [-0.3, -0.25) is 14.2 Å². The molecule has 0 saturated heterocycles. The molecule has 7 nitrogen and oxygen atoms in total. The molecule has 31 heavy (non-hydrogen) atoms. The first-order chi connectivity index (χ1) is 15.1. The van der Waals surface area contributed by atoms with E-state index in [1.165, 1.54) is 11.8 Å². The fourth-order valence-corrected chi connectivity index (χ4v) is 4.28. The van der Waals surface area contributed by atoms with E-state index in [0.717, 1.165) is 5.69 Å². The monoisotopic (exact) mass is 436 g/mol. The largest absolute Gasteiger partial charge is 0.383 e. The second-order valence-corrected chi connectivity index (χ2v) is 7.91. The highest BCUT2D eigenvalue weighted by atomic mass is 32.2. The van der Waals surface area contributed by atoms with Crippen LogP contribution in [0.25, 0.3) is 10.9 Å². The fourth-order valence-electron chi connectivity index (χ4n) is 3.30. The van der Waals surface area contributed by atoms with Crippen LogP contribution in [-0.2, 0) is 9.53 Å². The molecule has 2 aromatic carbocycles. The van der Waals surface area contributed by atoms with Crippen LogP contribution < -0.4 is 10.5 Å². The van der Waals surface area contributed by atoms with Gasteiger partial charge in [0, 0.05) is 19.3 Å². The van der Waals surface area contributed by atoms with Crippen LogP contribution in [0, 0.1) is 11.3 Å². The normalized spacial score (nSPS) is 11.8. The van der Waals surface area contributed by atoms with Gasteiger partial charge in [-0.15, -0.1) is 0 Å². The van der Waals surface area contributed by atoms with Crippen LogP contribution in [0.4, 0.5) is 5.69 Å². The third-order valence-corrected chi connectivity index (χ3v) is 5.70. The summed E-state index contributed by atoms with van der Waals surface area (Å²) in [6.45, 7) is 2.54. The third-order valence-electron chi connectivity index (χ3n) is 4.76. The van der Waals surface area contributed by atoms with Crippen molar-refractivity contribution in [3.05, 3.63) is 65.0 Å². The van der Waals surface area contributed by atoms with Gasteiger partial charge in [-0.05, 0) is 31.2 Å². The van der Waals surface area contributed by atoms with Crippen molar-refractivity contribution in [1.29, 1.82) is 5.26 Å². The summed E-state index contributed by atoms with van der Waals surface area (Å²) in [5.41, 5.74) is 1.17. The minimum Gasteiger partial charge on any atom is -0.383 e. The van der Waals surface area contributed by atoms with Gasteiger partial charge in [-0.1, -0.05) is 42.1 Å². The number of benzene rings is 2. The average molecular weight is 437 g/mol. The Kier molecular flexibility index (Phi) is 7.82. The van der Waals surface area contributed by atoms with Crippen molar-refractivity contribution in [1.82, 2.24) is 9.55 Å². The molecule has 1 amide bonds. The summed E-state index contributed by atoms with van der Waals surface area (Å²) in [6.07, 6.45) is 0.231. The number of thioether (sulfide) groups is 1. The lowest BCUT2D eigenvalue weighted by Crippen LogP contribution is -2.34. The number of rotatable bonds is 9. The van der Waals surface area contributed by atoms with Gasteiger partial charge in [-0.2, -0.15) is 5.26 Å². The molecule has 0 aliphatic heterocycles. The zero-order valence-corrected chi connectivity index (χ0v) is 18.3. The predicted octanol–water partition coefficient (Wildman–Crippen LogP) is 3.64. The van der Waals surface area contributed by atoms with Gasteiger partial charge in [0.15, 0.2) is 5.16 Å². The highest BCUT2D eigenvalue weighted by molar-refractivity contribution is 7.99. The van der Waals surface area contributed by atoms with Gasteiger partial charge in [0.1, 0.15) is 0 Å². The number of anilines is 1. The Morgan fingerprint density at radius 2 is 1.94 bits per heavy atom. The number of amides is 1. The molecule has 1 atom stereocenters. The highest BCUT2D eigenvalue weighted by Gasteiger charge is 2.20. The van der Waals surface area contributed by atoms with E-state index in [4.69, 9.17) is 10.00 Å². The first kappa shape index (κ1) is 22.5. The molecule has 0 unspecified atom stereocenters. The highest BCUT2D eigenvalue weighted by Crippen LogP contribution is 2.23. The van der Waals surface area contributed by atoms with Crippen molar-refractivity contribution >= 4 is 34.3 Å². The van der Waals surface area contributed by atoms with Crippen LogP contribution in [0.3, 0.4) is 0 Å². The average Bonchev–Trinajstić information content (AvgIpc) is 2.79. The van der Waals surface area contributed by atoms with Crippen LogP contribution in [0.2, 0.25) is 0 Å². The first-order valence-electron chi connectivity index (χ1n) is 9.92. The molecule has 0 N–H and O–H groups in total. The molecule has 3 rings (SSSR count). The molecule has 0 fully saturated rings. The van der Waals surface area contributed by atoms with E-state index >= 15 is 0 Å². The maximum atomic E-state index is 13.1. The number of methoxy groups -OCH3 is 1. The first-order valence-corrected chi connectivity index (χ1v) is 10.9. The van der Waals surface area contributed by atoms with E-state index < -0.39 is 0 Å². The zero-order chi connectivity index (χ0) is 22.2. The summed E-state index contributed by atoms with van der Waals surface area (Å²) >= 11 is 1.22. The molecule has 160 valence electrons. The molecular weight excluding hydrogens is 412 g/mol. The lowest BCUT2D eigenvalue weighted by Gasteiger charge is -2.22. The molecule has 0 bridgehead atoms. The lowest BCUT2D eigenvalue weighted by molar-refractivity contribution is -0.116. The zero-order valence-electron chi connectivity index (χ0n) is 17.5. The number of carbonyl (C=O) groups excluding carboxylic acids is 1. The Bertz CT molecular complexity index is 1140. The summed E-state index contributed by atoms with van der Waals surface area (Å²) in [7, 11) is 1.58. The lowest BCUT2D eigenvalue weighted by atomic mass is 10.2. The molecule has 0 radical (unpaired) electrons. The van der Waals surface area contributed by atoms with Crippen LogP contribution in [0.15, 0.2) is 64.5 Å². The Balaban J connectivity index is 1.91. The van der Waals surface area contributed by atoms with Gasteiger partial charge in [0.25, 0.3) is 5.56 Å². The van der Waals surface area contributed by atoms with Crippen LogP contribution >= 0.6 is 11.8 Å². The summed E-state index contributed by atoms with van der Waals surface area (Å²) in [6, 6.07) is 18.3. The molecular formula is C23H24N4O3S. The minimum atomic E-state index is -0.240. The molecule has 0 saturated carbocycles. The number of nitriles is 1. The van der Waals surface area contributed by atoms with Crippen molar-refractivity contribution in [2.24, 2.45) is 0 Å². The van der Waals surface area contributed by atoms with Crippen LogP contribution in [0.5, 0.6) is 0 Å². The van der Waals surface area contributed by atoms with Gasteiger partial charge < -0.3 is 9.64 Å². The van der Waals surface area contributed by atoms with Gasteiger partial charge >= 0.3 is 0 Å². The fraction of sp³-hybridized carbons (Fsp3) is 0.304. The van der Waals surface area contributed by atoms with Gasteiger partial charge in [0.2, 0.25) is 5.91 Å². The van der Waals surface area contributed by atoms with E-state index in [2.05, 4.69) is 11.1 Å². The second kappa shape index (κ2) is 10.8. The number of nitrogens with zero attached hydrogens (tertiary/aromatic N) is 4.